The summed E-state index contributed by atoms with van der Waals surface area (Å²) in [5.74, 6) is 0.848. The van der Waals surface area contributed by atoms with Crippen molar-refractivity contribution in [3.05, 3.63) is 29.3 Å². The van der Waals surface area contributed by atoms with Crippen LogP contribution in [0.2, 0.25) is 0 Å². The van der Waals surface area contributed by atoms with Gasteiger partial charge in [-0.2, -0.15) is 0 Å². The van der Waals surface area contributed by atoms with Crippen LogP contribution in [0.5, 0.6) is 5.75 Å². The second-order valence-corrected chi connectivity index (χ2v) is 4.02. The predicted molar refractivity (Wildman–Crippen MR) is 57.1 cm³/mol. The number of rotatable bonds is 2. The number of ether oxygens (including phenoxy) is 2. The van der Waals surface area contributed by atoms with E-state index in [1.807, 2.05) is 25.1 Å². The molecule has 3 nitrogen and oxygen atoms in total. The Hall–Kier alpha value is -1.06. The normalized spacial score (nSPS) is 25.5. The highest BCUT2D eigenvalue weighted by Gasteiger charge is 2.34. The molecule has 1 aliphatic heterocycles. The molecule has 1 aliphatic rings. The highest BCUT2D eigenvalue weighted by molar-refractivity contribution is 5.38. The first-order valence-electron chi connectivity index (χ1n) is 5.11. The minimum Gasteiger partial charge on any atom is -0.496 e. The van der Waals surface area contributed by atoms with E-state index in [9.17, 15) is 5.11 Å². The van der Waals surface area contributed by atoms with Gasteiger partial charge in [-0.3, -0.25) is 0 Å². The van der Waals surface area contributed by atoms with Crippen LogP contribution < -0.4 is 4.74 Å². The van der Waals surface area contributed by atoms with Crippen molar-refractivity contribution < 1.29 is 14.6 Å². The fraction of sp³-hybridized carbons (Fsp3) is 0.500. The summed E-state index contributed by atoms with van der Waals surface area (Å²) in [6.45, 7) is 2.99. The maximum atomic E-state index is 10.3. The number of hydrogen-bond acceptors (Lipinski definition) is 3. The van der Waals surface area contributed by atoms with Gasteiger partial charge >= 0.3 is 0 Å². The molecule has 1 saturated heterocycles. The zero-order chi connectivity index (χ0) is 10.9. The molecule has 0 spiro atoms. The van der Waals surface area contributed by atoms with Gasteiger partial charge in [0.1, 0.15) is 11.4 Å². The van der Waals surface area contributed by atoms with E-state index >= 15 is 0 Å². The lowest BCUT2D eigenvalue weighted by Crippen LogP contribution is -2.25. The molecule has 1 heterocycles. The topological polar surface area (TPSA) is 38.7 Å². The Balaban J connectivity index is 2.33. The van der Waals surface area contributed by atoms with Crippen molar-refractivity contribution in [2.75, 3.05) is 20.3 Å². The van der Waals surface area contributed by atoms with E-state index in [0.29, 0.717) is 19.6 Å². The fourth-order valence-electron chi connectivity index (χ4n) is 1.95. The maximum Gasteiger partial charge on any atom is 0.121 e. The molecule has 1 aromatic carbocycles. The van der Waals surface area contributed by atoms with Crippen molar-refractivity contribution in [3.63, 3.8) is 0 Å². The first-order valence-corrected chi connectivity index (χ1v) is 5.11. The summed E-state index contributed by atoms with van der Waals surface area (Å²) in [5.41, 5.74) is 1.14. The summed E-state index contributed by atoms with van der Waals surface area (Å²) in [6, 6.07) is 5.76. The lowest BCUT2D eigenvalue weighted by atomic mass is 9.92. The first kappa shape index (κ1) is 10.5. The largest absolute Gasteiger partial charge is 0.496 e. The number of aliphatic hydroxyl groups is 1. The monoisotopic (exact) mass is 208 g/mol. The molecule has 3 heteroatoms. The van der Waals surface area contributed by atoms with Crippen molar-refractivity contribution >= 4 is 0 Å². The third-order valence-corrected chi connectivity index (χ3v) is 2.93. The van der Waals surface area contributed by atoms with Crippen LogP contribution in [0.25, 0.3) is 0 Å². The van der Waals surface area contributed by atoms with Crippen LogP contribution in [-0.4, -0.2) is 25.4 Å². The predicted octanol–water partition coefficient (Wildman–Crippen LogP) is 1.61. The molecule has 0 amide bonds. The Morgan fingerprint density at radius 3 is 2.80 bits per heavy atom. The van der Waals surface area contributed by atoms with Crippen LogP contribution in [0.3, 0.4) is 0 Å². The minimum absolute atomic E-state index is 0.388. The molecule has 1 N–H and O–H groups in total. The summed E-state index contributed by atoms with van der Waals surface area (Å²) in [7, 11) is 1.65. The van der Waals surface area contributed by atoms with Gasteiger partial charge < -0.3 is 14.6 Å². The third kappa shape index (κ3) is 1.85. The molecule has 0 radical (unpaired) electrons. The van der Waals surface area contributed by atoms with E-state index in [4.69, 9.17) is 9.47 Å². The van der Waals surface area contributed by atoms with Gasteiger partial charge in [-0.05, 0) is 30.2 Å². The van der Waals surface area contributed by atoms with Crippen LogP contribution in [0, 0.1) is 6.92 Å². The maximum absolute atomic E-state index is 10.3. The van der Waals surface area contributed by atoms with Crippen LogP contribution in [0.15, 0.2) is 18.2 Å². The highest BCUT2D eigenvalue weighted by Crippen LogP contribution is 2.32. The Labute approximate surface area is 89.6 Å². The molecule has 0 bridgehead atoms. The lowest BCUT2D eigenvalue weighted by Gasteiger charge is -2.21. The number of hydrogen-bond donors (Lipinski definition) is 1. The molecule has 0 aliphatic carbocycles. The second-order valence-electron chi connectivity index (χ2n) is 4.02. The number of methoxy groups -OCH3 is 1. The summed E-state index contributed by atoms with van der Waals surface area (Å²) >= 11 is 0. The first-order chi connectivity index (χ1) is 7.15. The third-order valence-electron chi connectivity index (χ3n) is 2.93. The Bertz CT molecular complexity index is 354. The molecule has 1 atom stereocenters. The summed E-state index contributed by atoms with van der Waals surface area (Å²) in [6.07, 6.45) is 0.665. The van der Waals surface area contributed by atoms with E-state index < -0.39 is 5.60 Å². The molecule has 2 rings (SSSR count). The van der Waals surface area contributed by atoms with E-state index in [2.05, 4.69) is 0 Å². The summed E-state index contributed by atoms with van der Waals surface area (Å²) in [4.78, 5) is 0. The van der Waals surface area contributed by atoms with Crippen LogP contribution >= 0.6 is 0 Å². The Morgan fingerprint density at radius 2 is 2.27 bits per heavy atom. The smallest absolute Gasteiger partial charge is 0.121 e. The van der Waals surface area contributed by atoms with Gasteiger partial charge in [0.15, 0.2) is 0 Å². The van der Waals surface area contributed by atoms with Gasteiger partial charge in [0.2, 0.25) is 0 Å². The van der Waals surface area contributed by atoms with Crippen LogP contribution in [0.4, 0.5) is 0 Å². The molecule has 1 fully saturated rings. The van der Waals surface area contributed by atoms with Crippen molar-refractivity contribution in [1.82, 2.24) is 0 Å². The Kier molecular flexibility index (Phi) is 2.67. The number of aryl methyl sites for hydroxylation is 1. The zero-order valence-corrected chi connectivity index (χ0v) is 9.12. The fourth-order valence-corrected chi connectivity index (χ4v) is 1.95. The molecule has 1 aromatic rings. The van der Waals surface area contributed by atoms with E-state index in [1.165, 1.54) is 0 Å². The van der Waals surface area contributed by atoms with Crippen molar-refractivity contribution in [1.29, 1.82) is 0 Å². The SMILES string of the molecule is COc1ccc(C2(O)CCOC2)cc1C. The van der Waals surface area contributed by atoms with Crippen molar-refractivity contribution in [2.45, 2.75) is 18.9 Å². The van der Waals surface area contributed by atoms with E-state index in [1.54, 1.807) is 7.11 Å². The molecule has 15 heavy (non-hydrogen) atoms. The average Bonchev–Trinajstić information content (AvgIpc) is 2.66. The van der Waals surface area contributed by atoms with Gasteiger partial charge in [-0.1, -0.05) is 6.07 Å². The standard InChI is InChI=1S/C12H16O3/c1-9-7-10(3-4-11(9)14-2)12(13)5-6-15-8-12/h3-4,7,13H,5-6,8H2,1-2H3. The van der Waals surface area contributed by atoms with Crippen molar-refractivity contribution in [2.24, 2.45) is 0 Å². The van der Waals surface area contributed by atoms with Gasteiger partial charge in [0, 0.05) is 13.0 Å². The second kappa shape index (κ2) is 3.83. The van der Waals surface area contributed by atoms with Gasteiger partial charge in [-0.15, -0.1) is 0 Å². The summed E-state index contributed by atoms with van der Waals surface area (Å²) < 4.78 is 10.4. The molecular weight excluding hydrogens is 192 g/mol. The molecular formula is C12H16O3. The van der Waals surface area contributed by atoms with Crippen LogP contribution in [0.1, 0.15) is 17.5 Å². The zero-order valence-electron chi connectivity index (χ0n) is 9.12. The number of benzene rings is 1. The molecule has 82 valence electrons. The van der Waals surface area contributed by atoms with E-state index in [0.717, 1.165) is 16.9 Å². The van der Waals surface area contributed by atoms with Gasteiger partial charge in [-0.25, -0.2) is 0 Å². The van der Waals surface area contributed by atoms with E-state index in [-0.39, 0.29) is 0 Å². The van der Waals surface area contributed by atoms with Gasteiger partial charge in [0.05, 0.1) is 13.7 Å². The van der Waals surface area contributed by atoms with Gasteiger partial charge in [0.25, 0.3) is 0 Å². The molecule has 0 saturated carbocycles. The molecule has 1 unspecified atom stereocenters. The highest BCUT2D eigenvalue weighted by atomic mass is 16.5. The molecule has 0 aromatic heterocycles. The van der Waals surface area contributed by atoms with Crippen molar-refractivity contribution in [3.8, 4) is 5.75 Å². The quantitative estimate of drug-likeness (QED) is 0.802. The van der Waals surface area contributed by atoms with Crippen LogP contribution in [-0.2, 0) is 10.3 Å². The minimum atomic E-state index is -0.809. The lowest BCUT2D eigenvalue weighted by molar-refractivity contribution is 0.0231. The average molecular weight is 208 g/mol. The summed E-state index contributed by atoms with van der Waals surface area (Å²) in [5, 5.41) is 10.3. The Morgan fingerprint density at radius 1 is 1.47 bits per heavy atom.